The molecule has 1 fully saturated rings. The summed E-state index contributed by atoms with van der Waals surface area (Å²) in [4.78, 5) is 51.9. The van der Waals surface area contributed by atoms with Gasteiger partial charge in [-0.15, -0.1) is 0 Å². The number of urea groups is 1. The van der Waals surface area contributed by atoms with Crippen LogP contribution in [0.25, 0.3) is 0 Å². The number of ether oxygens (including phenoxy) is 2. The van der Waals surface area contributed by atoms with E-state index in [1.165, 1.54) is 7.11 Å². The average Bonchev–Trinajstić information content (AvgIpc) is 3.02. The molecule has 1 aliphatic heterocycles. The number of hydrogen-bond donors (Lipinski definition) is 2. The Kier molecular flexibility index (Phi) is 7.78. The average molecular weight is 482 g/mol. The van der Waals surface area contributed by atoms with E-state index in [0.29, 0.717) is 16.9 Å². The molecular weight excluding hydrogens is 450 g/mol. The van der Waals surface area contributed by atoms with Crippen molar-refractivity contribution in [1.29, 1.82) is 0 Å². The summed E-state index contributed by atoms with van der Waals surface area (Å²) in [6.07, 6.45) is -0.380. The number of carbonyl (C=O) groups excluding carboxylic acids is 4. The predicted octanol–water partition coefficient (Wildman–Crippen LogP) is 2.97. The number of benzene rings is 2. The Morgan fingerprint density at radius 1 is 1.06 bits per heavy atom. The number of imide groups is 1. The lowest BCUT2D eigenvalue weighted by molar-refractivity contribution is -0.148. The van der Waals surface area contributed by atoms with Crippen LogP contribution in [0, 0.1) is 6.92 Å². The van der Waals surface area contributed by atoms with Crippen LogP contribution in [0.1, 0.15) is 49.9 Å². The molecular formula is C26H31N3O6. The van der Waals surface area contributed by atoms with Gasteiger partial charge in [0.2, 0.25) is 5.91 Å². The minimum atomic E-state index is -1.32. The van der Waals surface area contributed by atoms with Crippen LogP contribution >= 0.6 is 0 Å². The lowest BCUT2D eigenvalue weighted by Gasteiger charge is -2.23. The first kappa shape index (κ1) is 25.7. The van der Waals surface area contributed by atoms with E-state index in [2.05, 4.69) is 10.6 Å². The van der Waals surface area contributed by atoms with E-state index < -0.39 is 41.9 Å². The van der Waals surface area contributed by atoms with Gasteiger partial charge < -0.3 is 20.1 Å². The maximum Gasteiger partial charge on any atom is 0.325 e. The minimum Gasteiger partial charge on any atom is -0.497 e. The highest BCUT2D eigenvalue weighted by Crippen LogP contribution is 2.30. The molecule has 9 heteroatoms. The topological polar surface area (TPSA) is 114 Å². The number of amides is 4. The van der Waals surface area contributed by atoms with Gasteiger partial charge in [0.25, 0.3) is 5.91 Å². The maximum atomic E-state index is 13.2. The van der Waals surface area contributed by atoms with E-state index in [1.807, 2.05) is 31.2 Å². The molecule has 1 aliphatic rings. The smallest absolute Gasteiger partial charge is 0.325 e. The Hall–Kier alpha value is -3.88. The predicted molar refractivity (Wildman–Crippen MR) is 128 cm³/mol. The number of rotatable bonds is 9. The third-order valence-corrected chi connectivity index (χ3v) is 5.80. The third-order valence-electron chi connectivity index (χ3n) is 5.80. The number of esters is 1. The summed E-state index contributed by atoms with van der Waals surface area (Å²) < 4.78 is 10.4. The first-order valence-electron chi connectivity index (χ1n) is 11.4. The van der Waals surface area contributed by atoms with Gasteiger partial charge in [0.1, 0.15) is 17.8 Å². The van der Waals surface area contributed by atoms with E-state index >= 15 is 0 Å². The molecule has 186 valence electrons. The second-order valence-corrected chi connectivity index (χ2v) is 8.95. The first-order valence-corrected chi connectivity index (χ1v) is 11.4. The summed E-state index contributed by atoms with van der Waals surface area (Å²) >= 11 is 0. The van der Waals surface area contributed by atoms with Crippen LogP contribution in [0.4, 0.5) is 4.79 Å². The van der Waals surface area contributed by atoms with Crippen LogP contribution in [-0.2, 0) is 24.7 Å². The summed E-state index contributed by atoms with van der Waals surface area (Å²) in [5.41, 5.74) is 0.986. The standard InChI is InChI=1S/C26H31N3O6/c1-16(2)35-23(31)14-21(18-8-6-17(3)7-9-18)27-22(30)15-29-24(32)26(4,28-25(29)33)19-10-12-20(34-5)13-11-19/h6-13,16,21H,14-15H2,1-5H3,(H,27,30)(H,28,33). The molecule has 4 amide bonds. The molecule has 0 aromatic heterocycles. The van der Waals surface area contributed by atoms with Crippen molar-refractivity contribution in [2.45, 2.75) is 51.8 Å². The second kappa shape index (κ2) is 10.6. The fraction of sp³-hybridized carbons (Fsp3) is 0.385. The van der Waals surface area contributed by atoms with Crippen molar-refractivity contribution in [2.24, 2.45) is 0 Å². The van der Waals surface area contributed by atoms with Crippen LogP contribution in [0.3, 0.4) is 0 Å². The van der Waals surface area contributed by atoms with Gasteiger partial charge in [-0.2, -0.15) is 0 Å². The number of hydrogen-bond acceptors (Lipinski definition) is 6. The Morgan fingerprint density at radius 2 is 1.69 bits per heavy atom. The lowest BCUT2D eigenvalue weighted by atomic mass is 9.92. The van der Waals surface area contributed by atoms with Crippen molar-refractivity contribution in [3.05, 3.63) is 65.2 Å². The molecule has 9 nitrogen and oxygen atoms in total. The van der Waals surface area contributed by atoms with Crippen LogP contribution in [-0.4, -0.2) is 48.5 Å². The van der Waals surface area contributed by atoms with Crippen molar-refractivity contribution in [3.8, 4) is 5.75 Å². The molecule has 0 radical (unpaired) electrons. The van der Waals surface area contributed by atoms with Gasteiger partial charge >= 0.3 is 12.0 Å². The van der Waals surface area contributed by atoms with Gasteiger partial charge in [-0.25, -0.2) is 4.79 Å². The van der Waals surface area contributed by atoms with Gasteiger partial charge in [-0.1, -0.05) is 42.0 Å². The van der Waals surface area contributed by atoms with E-state index in [-0.39, 0.29) is 12.5 Å². The zero-order valence-electron chi connectivity index (χ0n) is 20.6. The fourth-order valence-electron chi connectivity index (χ4n) is 3.87. The Labute approximate surface area is 204 Å². The van der Waals surface area contributed by atoms with Crippen LogP contribution < -0.4 is 15.4 Å². The molecule has 2 aromatic carbocycles. The van der Waals surface area contributed by atoms with Crippen molar-refractivity contribution < 1.29 is 28.7 Å². The van der Waals surface area contributed by atoms with Crippen molar-refractivity contribution in [2.75, 3.05) is 13.7 Å². The molecule has 35 heavy (non-hydrogen) atoms. The van der Waals surface area contributed by atoms with Gasteiger partial charge in [-0.3, -0.25) is 19.3 Å². The molecule has 2 N–H and O–H groups in total. The Bertz CT molecular complexity index is 1100. The fourth-order valence-corrected chi connectivity index (χ4v) is 3.87. The molecule has 0 bridgehead atoms. The highest BCUT2D eigenvalue weighted by Gasteiger charge is 2.49. The molecule has 2 atom stereocenters. The number of nitrogens with zero attached hydrogens (tertiary/aromatic N) is 1. The maximum absolute atomic E-state index is 13.2. The molecule has 3 rings (SSSR count). The minimum absolute atomic E-state index is 0.0866. The zero-order valence-corrected chi connectivity index (χ0v) is 20.6. The molecule has 1 saturated heterocycles. The SMILES string of the molecule is COc1ccc(C2(C)NC(=O)N(CC(=O)NC(CC(=O)OC(C)C)c3ccc(C)cc3)C2=O)cc1. The summed E-state index contributed by atoms with van der Waals surface area (Å²) in [6.45, 7) is 6.52. The molecule has 0 saturated carbocycles. The highest BCUT2D eigenvalue weighted by atomic mass is 16.5. The summed E-state index contributed by atoms with van der Waals surface area (Å²) in [5, 5.41) is 5.45. The van der Waals surface area contributed by atoms with Gasteiger partial charge in [0.15, 0.2) is 0 Å². The number of methoxy groups -OCH3 is 1. The Morgan fingerprint density at radius 3 is 2.26 bits per heavy atom. The number of aryl methyl sites for hydroxylation is 1. The second-order valence-electron chi connectivity index (χ2n) is 8.95. The monoisotopic (exact) mass is 481 g/mol. The summed E-state index contributed by atoms with van der Waals surface area (Å²) in [5.74, 6) is -0.972. The van der Waals surface area contributed by atoms with Crippen LogP contribution in [0.2, 0.25) is 0 Å². The van der Waals surface area contributed by atoms with Crippen molar-refractivity contribution in [3.63, 3.8) is 0 Å². The van der Waals surface area contributed by atoms with E-state index in [1.54, 1.807) is 45.0 Å². The molecule has 0 aliphatic carbocycles. The number of carbonyl (C=O) groups is 4. The number of nitrogens with one attached hydrogen (secondary N) is 2. The molecule has 0 spiro atoms. The van der Waals surface area contributed by atoms with E-state index in [0.717, 1.165) is 10.5 Å². The highest BCUT2D eigenvalue weighted by molar-refractivity contribution is 6.09. The summed E-state index contributed by atoms with van der Waals surface area (Å²) in [6, 6.07) is 12.8. The Balaban J connectivity index is 1.74. The summed E-state index contributed by atoms with van der Waals surface area (Å²) in [7, 11) is 1.53. The van der Waals surface area contributed by atoms with Crippen LogP contribution in [0.5, 0.6) is 5.75 Å². The molecule has 1 heterocycles. The lowest BCUT2D eigenvalue weighted by Crippen LogP contribution is -2.44. The first-order chi connectivity index (χ1) is 16.5. The van der Waals surface area contributed by atoms with E-state index in [4.69, 9.17) is 9.47 Å². The van der Waals surface area contributed by atoms with Crippen LogP contribution in [0.15, 0.2) is 48.5 Å². The quantitative estimate of drug-likeness (QED) is 0.421. The van der Waals surface area contributed by atoms with Crippen molar-refractivity contribution >= 4 is 23.8 Å². The van der Waals surface area contributed by atoms with Crippen molar-refractivity contribution in [1.82, 2.24) is 15.5 Å². The third kappa shape index (κ3) is 5.98. The normalized spacial score (nSPS) is 18.3. The molecule has 2 aromatic rings. The van der Waals surface area contributed by atoms with Gasteiger partial charge in [0, 0.05) is 0 Å². The zero-order chi connectivity index (χ0) is 25.8. The molecule has 2 unspecified atom stereocenters. The van der Waals surface area contributed by atoms with Gasteiger partial charge in [0.05, 0.1) is 25.7 Å². The largest absolute Gasteiger partial charge is 0.497 e. The van der Waals surface area contributed by atoms with E-state index in [9.17, 15) is 19.2 Å². The van der Waals surface area contributed by atoms with Gasteiger partial charge in [-0.05, 0) is 51.0 Å².